The van der Waals surface area contributed by atoms with Gasteiger partial charge in [0, 0.05) is 12.6 Å². The van der Waals surface area contributed by atoms with Crippen molar-refractivity contribution < 1.29 is 0 Å². The average Bonchev–Trinajstić information content (AvgIpc) is 2.36. The van der Waals surface area contributed by atoms with Crippen molar-refractivity contribution in [1.82, 2.24) is 14.9 Å². The highest BCUT2D eigenvalue weighted by atomic mass is 35.5. The first-order valence-corrected chi connectivity index (χ1v) is 6.76. The number of rotatable bonds is 4. The fourth-order valence-electron chi connectivity index (χ4n) is 2.29. The molecule has 0 aromatic carbocycles. The zero-order chi connectivity index (χ0) is 13.0. The third-order valence-corrected chi connectivity index (χ3v) is 3.51. The van der Waals surface area contributed by atoms with Crippen LogP contribution in [0.2, 0.25) is 5.02 Å². The lowest BCUT2D eigenvalue weighted by molar-refractivity contribution is 0.223. The number of nitrogens with zero attached hydrogens (tertiary/aromatic N) is 2. The average molecular weight is 271 g/mol. The van der Waals surface area contributed by atoms with Gasteiger partial charge >= 0.3 is 0 Å². The Morgan fingerprint density at radius 2 is 2.22 bits per heavy atom. The zero-order valence-corrected chi connectivity index (χ0v) is 11.3. The van der Waals surface area contributed by atoms with Gasteiger partial charge in [-0.2, -0.15) is 0 Å². The predicted octanol–water partition coefficient (Wildman–Crippen LogP) is 1.71. The summed E-state index contributed by atoms with van der Waals surface area (Å²) in [6, 6.07) is 0.217. The summed E-state index contributed by atoms with van der Waals surface area (Å²) in [5, 5.41) is 3.32. The van der Waals surface area contributed by atoms with E-state index >= 15 is 0 Å². The predicted molar refractivity (Wildman–Crippen MR) is 73.2 cm³/mol. The second-order valence-electron chi connectivity index (χ2n) is 4.80. The molecule has 6 heteroatoms. The van der Waals surface area contributed by atoms with Crippen LogP contribution in [0.1, 0.15) is 26.2 Å². The van der Waals surface area contributed by atoms with Crippen molar-refractivity contribution in [2.45, 2.75) is 32.2 Å². The largest absolute Gasteiger partial charge is 0.365 e. The maximum Gasteiger partial charge on any atom is 0.271 e. The molecule has 1 atom stereocenters. The molecule has 2 N–H and O–H groups in total. The van der Waals surface area contributed by atoms with Crippen molar-refractivity contribution in [3.63, 3.8) is 0 Å². The molecule has 100 valence electrons. The number of H-pyrrole nitrogens is 1. The Morgan fingerprint density at radius 1 is 1.50 bits per heavy atom. The lowest BCUT2D eigenvalue weighted by Gasteiger charge is -2.29. The molecule has 1 saturated heterocycles. The van der Waals surface area contributed by atoms with Crippen molar-refractivity contribution in [2.75, 3.05) is 25.0 Å². The molecule has 1 unspecified atom stereocenters. The monoisotopic (exact) mass is 270 g/mol. The molecule has 1 aliphatic rings. The fraction of sp³-hybridized carbons (Fsp3) is 0.667. The minimum Gasteiger partial charge on any atom is -0.365 e. The highest BCUT2D eigenvalue weighted by Gasteiger charge is 2.15. The van der Waals surface area contributed by atoms with Crippen LogP contribution in [0.4, 0.5) is 5.82 Å². The number of anilines is 1. The molecule has 18 heavy (non-hydrogen) atoms. The SMILES string of the molecule is CC(CN1CCCCC1)Nc1nc[nH]c(=O)c1Cl. The van der Waals surface area contributed by atoms with Crippen molar-refractivity contribution in [3.8, 4) is 0 Å². The Bertz CT molecular complexity index is 442. The lowest BCUT2D eigenvalue weighted by atomic mass is 10.1. The van der Waals surface area contributed by atoms with Crippen LogP contribution in [0.3, 0.4) is 0 Å². The van der Waals surface area contributed by atoms with E-state index in [1.54, 1.807) is 0 Å². The molecule has 1 fully saturated rings. The Labute approximate surface area is 112 Å². The maximum absolute atomic E-state index is 11.3. The Morgan fingerprint density at radius 3 is 2.94 bits per heavy atom. The van der Waals surface area contributed by atoms with Gasteiger partial charge in [0.25, 0.3) is 5.56 Å². The highest BCUT2D eigenvalue weighted by Crippen LogP contribution is 2.15. The first kappa shape index (κ1) is 13.4. The number of hydrogen-bond acceptors (Lipinski definition) is 4. The molecule has 5 nitrogen and oxygen atoms in total. The zero-order valence-electron chi connectivity index (χ0n) is 10.6. The quantitative estimate of drug-likeness (QED) is 0.874. The van der Waals surface area contributed by atoms with Crippen molar-refractivity contribution >= 4 is 17.4 Å². The number of halogens is 1. The number of likely N-dealkylation sites (tertiary alicyclic amines) is 1. The topological polar surface area (TPSA) is 61.0 Å². The molecule has 1 aromatic heterocycles. The van der Waals surface area contributed by atoms with Crippen LogP contribution < -0.4 is 10.9 Å². The summed E-state index contributed by atoms with van der Waals surface area (Å²) in [7, 11) is 0. The molecule has 2 heterocycles. The summed E-state index contributed by atoms with van der Waals surface area (Å²) >= 11 is 5.90. The van der Waals surface area contributed by atoms with E-state index in [9.17, 15) is 4.79 Å². The molecule has 2 rings (SSSR count). The summed E-state index contributed by atoms with van der Waals surface area (Å²) in [4.78, 5) is 20.3. The van der Waals surface area contributed by atoms with Crippen molar-refractivity contribution in [1.29, 1.82) is 0 Å². The van der Waals surface area contributed by atoms with E-state index < -0.39 is 0 Å². The number of aromatic amines is 1. The molecule has 1 aliphatic heterocycles. The maximum atomic E-state index is 11.3. The van der Waals surface area contributed by atoms with Gasteiger partial charge < -0.3 is 15.2 Å². The molecular formula is C12H19ClN4O. The van der Waals surface area contributed by atoms with Gasteiger partial charge in [0.05, 0.1) is 6.33 Å². The second-order valence-corrected chi connectivity index (χ2v) is 5.18. The Hall–Kier alpha value is -1.07. The van der Waals surface area contributed by atoms with Crippen LogP contribution in [0.5, 0.6) is 0 Å². The number of piperidine rings is 1. The minimum absolute atomic E-state index is 0.128. The van der Waals surface area contributed by atoms with Crippen LogP contribution in [0.25, 0.3) is 0 Å². The van der Waals surface area contributed by atoms with E-state index in [-0.39, 0.29) is 16.6 Å². The molecule has 0 aliphatic carbocycles. The minimum atomic E-state index is -0.306. The van der Waals surface area contributed by atoms with Gasteiger partial charge in [-0.05, 0) is 32.9 Å². The normalized spacial score (nSPS) is 18.6. The summed E-state index contributed by atoms with van der Waals surface area (Å²) in [6.07, 6.45) is 5.25. The Kier molecular flexibility index (Phi) is 4.60. The first-order chi connectivity index (χ1) is 8.66. The molecule has 0 bridgehead atoms. The van der Waals surface area contributed by atoms with E-state index in [1.165, 1.54) is 25.6 Å². The number of nitrogens with one attached hydrogen (secondary N) is 2. The van der Waals surface area contributed by atoms with E-state index in [4.69, 9.17) is 11.6 Å². The molecular weight excluding hydrogens is 252 g/mol. The van der Waals surface area contributed by atoms with Crippen molar-refractivity contribution in [2.24, 2.45) is 0 Å². The molecule has 0 radical (unpaired) electrons. The van der Waals surface area contributed by atoms with Crippen molar-refractivity contribution in [3.05, 3.63) is 21.7 Å². The summed E-state index contributed by atoms with van der Waals surface area (Å²) in [5.41, 5.74) is -0.306. The molecule has 0 spiro atoms. The fourth-order valence-corrected chi connectivity index (χ4v) is 2.45. The third-order valence-electron chi connectivity index (χ3n) is 3.16. The summed E-state index contributed by atoms with van der Waals surface area (Å²) in [6.45, 7) is 5.34. The van der Waals surface area contributed by atoms with Crippen LogP contribution in [-0.2, 0) is 0 Å². The van der Waals surface area contributed by atoms with Gasteiger partial charge in [-0.3, -0.25) is 4.79 Å². The van der Waals surface area contributed by atoms with Gasteiger partial charge in [0.2, 0.25) is 0 Å². The van der Waals surface area contributed by atoms with Gasteiger partial charge in [-0.15, -0.1) is 0 Å². The molecule has 0 saturated carbocycles. The standard InChI is InChI=1S/C12H19ClN4O/c1-9(7-17-5-3-2-4-6-17)16-11-10(13)12(18)15-8-14-11/h8-9H,2-7H2,1H3,(H2,14,15,16,18). The van der Waals surface area contributed by atoms with E-state index in [0.717, 1.165) is 19.6 Å². The second kappa shape index (κ2) is 6.20. The smallest absolute Gasteiger partial charge is 0.271 e. The number of hydrogen-bond donors (Lipinski definition) is 2. The molecule has 0 amide bonds. The van der Waals surface area contributed by atoms with Gasteiger partial charge in [-0.1, -0.05) is 18.0 Å². The summed E-state index contributed by atoms with van der Waals surface area (Å²) in [5.74, 6) is 0.463. The highest BCUT2D eigenvalue weighted by molar-refractivity contribution is 6.32. The van der Waals surface area contributed by atoms with Gasteiger partial charge in [0.1, 0.15) is 5.02 Å². The van der Waals surface area contributed by atoms with Gasteiger partial charge in [-0.25, -0.2) is 4.98 Å². The molecule has 1 aromatic rings. The van der Waals surface area contributed by atoms with Crippen LogP contribution in [-0.4, -0.2) is 40.5 Å². The van der Waals surface area contributed by atoms with Crippen LogP contribution in [0.15, 0.2) is 11.1 Å². The van der Waals surface area contributed by atoms with E-state index in [2.05, 4.69) is 27.1 Å². The van der Waals surface area contributed by atoms with E-state index in [1.807, 2.05) is 0 Å². The van der Waals surface area contributed by atoms with Crippen LogP contribution in [0, 0.1) is 0 Å². The third kappa shape index (κ3) is 3.46. The lowest BCUT2D eigenvalue weighted by Crippen LogP contribution is -2.38. The van der Waals surface area contributed by atoms with E-state index in [0.29, 0.717) is 5.82 Å². The van der Waals surface area contributed by atoms with Crippen LogP contribution >= 0.6 is 11.6 Å². The Balaban J connectivity index is 1.92. The van der Waals surface area contributed by atoms with Gasteiger partial charge in [0.15, 0.2) is 5.82 Å². The number of aromatic nitrogens is 2. The first-order valence-electron chi connectivity index (χ1n) is 6.39. The summed E-state index contributed by atoms with van der Waals surface area (Å²) < 4.78 is 0.